The Hall–Kier alpha value is -1.48. The first kappa shape index (κ1) is 11.0. The lowest BCUT2D eigenvalue weighted by Gasteiger charge is -2.02. The smallest absolute Gasteiger partial charge is 0.171 e. The maximum absolute atomic E-state index is 11.2. The number of benzene rings is 1. The van der Waals surface area contributed by atoms with E-state index < -0.39 is 0 Å². The summed E-state index contributed by atoms with van der Waals surface area (Å²) in [7, 11) is 0. The highest BCUT2D eigenvalue weighted by atomic mass is 32.1. The number of hydrogen-bond donors (Lipinski definition) is 0. The maximum atomic E-state index is 11.2. The van der Waals surface area contributed by atoms with Crippen molar-refractivity contribution < 1.29 is 4.79 Å². The van der Waals surface area contributed by atoms with Crippen molar-refractivity contribution in [1.82, 2.24) is 4.98 Å². The summed E-state index contributed by atoms with van der Waals surface area (Å²) in [5.41, 5.74) is 3.55. The van der Waals surface area contributed by atoms with Crippen LogP contribution in [-0.2, 0) is 0 Å². The number of aromatic nitrogens is 1. The Balaban J connectivity index is 2.46. The summed E-state index contributed by atoms with van der Waals surface area (Å²) in [6.07, 6.45) is 1.65. The van der Waals surface area contributed by atoms with Gasteiger partial charge in [-0.15, -0.1) is 11.3 Å². The number of carbonyl (C=O) groups is 1. The van der Waals surface area contributed by atoms with Crippen LogP contribution in [-0.4, -0.2) is 10.8 Å². The van der Waals surface area contributed by atoms with Crippen LogP contribution < -0.4 is 0 Å². The molecule has 0 radical (unpaired) electrons. The third-order valence-corrected chi connectivity index (χ3v) is 3.60. The van der Waals surface area contributed by atoms with Gasteiger partial charge in [0.1, 0.15) is 5.01 Å². The van der Waals surface area contributed by atoms with Crippen molar-refractivity contribution in [3.05, 3.63) is 40.4 Å². The first-order valence-corrected chi connectivity index (χ1v) is 5.94. The van der Waals surface area contributed by atoms with Gasteiger partial charge in [-0.05, 0) is 19.4 Å². The molecule has 82 valence electrons. The molecule has 0 aliphatic carbocycles. The Labute approximate surface area is 99.0 Å². The van der Waals surface area contributed by atoms with E-state index in [0.29, 0.717) is 0 Å². The van der Waals surface area contributed by atoms with Gasteiger partial charge in [0.25, 0.3) is 0 Å². The van der Waals surface area contributed by atoms with Gasteiger partial charge in [0, 0.05) is 18.7 Å². The summed E-state index contributed by atoms with van der Waals surface area (Å²) in [4.78, 5) is 16.2. The second-order valence-electron chi connectivity index (χ2n) is 3.90. The van der Waals surface area contributed by atoms with Crippen LogP contribution in [0.15, 0.2) is 24.4 Å². The first-order valence-electron chi connectivity index (χ1n) is 5.12. The van der Waals surface area contributed by atoms with Gasteiger partial charge in [0.05, 0.1) is 4.88 Å². The number of aryl methyl sites for hydroxylation is 2. The summed E-state index contributed by atoms with van der Waals surface area (Å²) in [5.74, 6) is 0.0773. The van der Waals surface area contributed by atoms with Gasteiger partial charge < -0.3 is 0 Å². The van der Waals surface area contributed by atoms with E-state index in [2.05, 4.69) is 37.0 Å². The van der Waals surface area contributed by atoms with Crippen LogP contribution in [0, 0.1) is 13.8 Å². The van der Waals surface area contributed by atoms with Crippen LogP contribution in [0.1, 0.15) is 27.7 Å². The highest BCUT2D eigenvalue weighted by Crippen LogP contribution is 2.28. The third-order valence-electron chi connectivity index (χ3n) is 2.46. The molecular formula is C13H13NOS. The molecule has 0 unspecified atom stereocenters. The van der Waals surface area contributed by atoms with E-state index in [-0.39, 0.29) is 5.78 Å². The number of rotatable bonds is 2. The normalized spacial score (nSPS) is 10.4. The van der Waals surface area contributed by atoms with Crippen molar-refractivity contribution in [2.45, 2.75) is 20.8 Å². The molecule has 2 rings (SSSR count). The molecular weight excluding hydrogens is 218 g/mol. The number of carbonyl (C=O) groups excluding carboxylic acids is 1. The second kappa shape index (κ2) is 4.18. The molecule has 2 aromatic rings. The molecule has 0 saturated carbocycles. The summed E-state index contributed by atoms with van der Waals surface area (Å²) in [6.45, 7) is 5.70. The molecule has 0 fully saturated rings. The van der Waals surface area contributed by atoms with Crippen molar-refractivity contribution in [2.75, 3.05) is 0 Å². The van der Waals surface area contributed by atoms with Crippen molar-refractivity contribution >= 4 is 17.1 Å². The average Bonchev–Trinajstić information content (AvgIpc) is 2.66. The Morgan fingerprint density at radius 2 is 2.06 bits per heavy atom. The summed E-state index contributed by atoms with van der Waals surface area (Å²) < 4.78 is 0. The minimum Gasteiger partial charge on any atom is -0.294 e. The molecule has 0 saturated heterocycles. The minimum atomic E-state index is 0.0773. The van der Waals surface area contributed by atoms with Crippen molar-refractivity contribution in [3.8, 4) is 10.6 Å². The van der Waals surface area contributed by atoms with E-state index in [9.17, 15) is 4.79 Å². The van der Waals surface area contributed by atoms with Crippen LogP contribution in [0.5, 0.6) is 0 Å². The third kappa shape index (κ3) is 2.04. The molecule has 3 heteroatoms. The van der Waals surface area contributed by atoms with Gasteiger partial charge in [0.2, 0.25) is 0 Å². The Morgan fingerprint density at radius 3 is 2.62 bits per heavy atom. The SMILES string of the molecule is CC(=O)c1cnc(-c2ccc(C)cc2C)s1. The number of Topliss-reactive ketones (excluding diaryl/α,β-unsaturated/α-hetero) is 1. The number of ketones is 1. The van der Waals surface area contributed by atoms with E-state index in [4.69, 9.17) is 0 Å². The summed E-state index contributed by atoms with van der Waals surface area (Å²) in [5, 5.41) is 0.919. The van der Waals surface area contributed by atoms with Crippen LogP contribution in [0.25, 0.3) is 10.6 Å². The molecule has 1 aromatic heterocycles. The largest absolute Gasteiger partial charge is 0.294 e. The predicted octanol–water partition coefficient (Wildman–Crippen LogP) is 3.63. The fraction of sp³-hybridized carbons (Fsp3) is 0.231. The monoisotopic (exact) mass is 231 g/mol. The van der Waals surface area contributed by atoms with Gasteiger partial charge >= 0.3 is 0 Å². The lowest BCUT2D eigenvalue weighted by molar-refractivity contribution is 0.102. The Bertz CT molecular complexity index is 543. The summed E-state index contributed by atoms with van der Waals surface area (Å²) in [6, 6.07) is 6.26. The van der Waals surface area contributed by atoms with Crippen LogP contribution in [0.2, 0.25) is 0 Å². The Morgan fingerprint density at radius 1 is 1.31 bits per heavy atom. The van der Waals surface area contributed by atoms with E-state index >= 15 is 0 Å². The molecule has 2 nitrogen and oxygen atoms in total. The van der Waals surface area contributed by atoms with Gasteiger partial charge in [-0.3, -0.25) is 4.79 Å². The fourth-order valence-corrected chi connectivity index (χ4v) is 2.52. The molecule has 0 N–H and O–H groups in total. The van der Waals surface area contributed by atoms with E-state index in [0.717, 1.165) is 15.4 Å². The van der Waals surface area contributed by atoms with E-state index in [1.165, 1.54) is 22.5 Å². The zero-order valence-corrected chi connectivity index (χ0v) is 10.4. The topological polar surface area (TPSA) is 30.0 Å². The quantitative estimate of drug-likeness (QED) is 0.739. The number of hydrogen-bond acceptors (Lipinski definition) is 3. The standard InChI is InChI=1S/C13H13NOS/c1-8-4-5-11(9(2)6-8)13-14-7-12(16-13)10(3)15/h4-7H,1-3H3. The maximum Gasteiger partial charge on any atom is 0.171 e. The van der Waals surface area contributed by atoms with Crippen molar-refractivity contribution in [3.63, 3.8) is 0 Å². The van der Waals surface area contributed by atoms with Crippen molar-refractivity contribution in [2.24, 2.45) is 0 Å². The molecule has 16 heavy (non-hydrogen) atoms. The lowest BCUT2D eigenvalue weighted by atomic mass is 10.1. The summed E-state index contributed by atoms with van der Waals surface area (Å²) >= 11 is 1.45. The molecule has 0 spiro atoms. The molecule has 0 aliphatic rings. The van der Waals surface area contributed by atoms with Crippen molar-refractivity contribution in [1.29, 1.82) is 0 Å². The van der Waals surface area contributed by atoms with E-state index in [1.807, 2.05) is 0 Å². The van der Waals surface area contributed by atoms with Crippen LogP contribution in [0.3, 0.4) is 0 Å². The fourth-order valence-electron chi connectivity index (χ4n) is 1.61. The number of nitrogens with zero attached hydrogens (tertiary/aromatic N) is 1. The number of thiazole rings is 1. The molecule has 0 bridgehead atoms. The Kier molecular flexibility index (Phi) is 2.88. The predicted molar refractivity (Wildman–Crippen MR) is 67.0 cm³/mol. The molecule has 0 amide bonds. The van der Waals surface area contributed by atoms with E-state index in [1.54, 1.807) is 13.1 Å². The highest BCUT2D eigenvalue weighted by Gasteiger charge is 2.09. The van der Waals surface area contributed by atoms with Crippen LogP contribution in [0.4, 0.5) is 0 Å². The van der Waals surface area contributed by atoms with Gasteiger partial charge in [-0.1, -0.05) is 23.8 Å². The first-order chi connectivity index (χ1) is 7.58. The molecule has 0 atom stereocenters. The minimum absolute atomic E-state index is 0.0773. The molecule has 1 aromatic carbocycles. The zero-order chi connectivity index (χ0) is 11.7. The lowest BCUT2D eigenvalue weighted by Crippen LogP contribution is -1.84. The molecule has 1 heterocycles. The average molecular weight is 231 g/mol. The van der Waals surface area contributed by atoms with Gasteiger partial charge in [-0.2, -0.15) is 0 Å². The van der Waals surface area contributed by atoms with Gasteiger partial charge in [-0.25, -0.2) is 4.98 Å². The second-order valence-corrected chi connectivity index (χ2v) is 4.93. The van der Waals surface area contributed by atoms with Crippen LogP contribution >= 0.6 is 11.3 Å². The highest BCUT2D eigenvalue weighted by molar-refractivity contribution is 7.16. The zero-order valence-electron chi connectivity index (χ0n) is 9.57. The van der Waals surface area contributed by atoms with Gasteiger partial charge in [0.15, 0.2) is 5.78 Å². The molecule has 0 aliphatic heterocycles.